The average Bonchev–Trinajstić information content (AvgIpc) is 2.48. The highest BCUT2D eigenvalue weighted by Gasteiger charge is 2.04. The SMILES string of the molecule is COc1ccc(CCN[C@H](C)c2cccc(Br)c2)cc1. The Hall–Kier alpha value is -1.32. The Morgan fingerprint density at radius 1 is 1.15 bits per heavy atom. The number of hydrogen-bond acceptors (Lipinski definition) is 2. The standard InChI is InChI=1S/C17H20BrNO/c1-13(15-4-3-5-16(18)12-15)19-11-10-14-6-8-17(20-2)9-7-14/h3-9,12-13,19H,10-11H2,1-2H3/t13-/m1/s1. The molecule has 0 spiro atoms. The molecule has 3 heteroatoms. The number of benzene rings is 2. The predicted octanol–water partition coefficient (Wildman–Crippen LogP) is 4.35. The molecule has 0 saturated heterocycles. The lowest BCUT2D eigenvalue weighted by atomic mass is 10.1. The lowest BCUT2D eigenvalue weighted by Gasteiger charge is -2.14. The number of ether oxygens (including phenoxy) is 1. The second kappa shape index (κ2) is 7.46. The third-order valence-corrected chi connectivity index (χ3v) is 3.87. The molecule has 0 unspecified atom stereocenters. The molecule has 0 fully saturated rings. The first-order chi connectivity index (χ1) is 9.69. The van der Waals surface area contributed by atoms with Gasteiger partial charge in [-0.15, -0.1) is 0 Å². The van der Waals surface area contributed by atoms with Gasteiger partial charge in [0.25, 0.3) is 0 Å². The molecule has 0 aliphatic rings. The maximum absolute atomic E-state index is 5.16. The highest BCUT2D eigenvalue weighted by Crippen LogP contribution is 2.18. The van der Waals surface area contributed by atoms with Crippen LogP contribution in [0.3, 0.4) is 0 Å². The van der Waals surface area contributed by atoms with Gasteiger partial charge in [-0.2, -0.15) is 0 Å². The van der Waals surface area contributed by atoms with Crippen molar-refractivity contribution >= 4 is 15.9 Å². The van der Waals surface area contributed by atoms with E-state index in [0.717, 1.165) is 23.2 Å². The van der Waals surface area contributed by atoms with Crippen molar-refractivity contribution < 1.29 is 4.74 Å². The topological polar surface area (TPSA) is 21.3 Å². The number of halogens is 1. The van der Waals surface area contributed by atoms with Crippen LogP contribution in [0.1, 0.15) is 24.1 Å². The zero-order chi connectivity index (χ0) is 14.4. The molecule has 1 atom stereocenters. The Morgan fingerprint density at radius 2 is 1.90 bits per heavy atom. The number of nitrogens with one attached hydrogen (secondary N) is 1. The Bertz CT molecular complexity index is 539. The second-order valence-electron chi connectivity index (χ2n) is 4.83. The summed E-state index contributed by atoms with van der Waals surface area (Å²) in [5.74, 6) is 0.907. The Balaban J connectivity index is 1.82. The van der Waals surface area contributed by atoms with Gasteiger partial charge in [0.05, 0.1) is 7.11 Å². The van der Waals surface area contributed by atoms with Crippen LogP contribution in [0, 0.1) is 0 Å². The maximum Gasteiger partial charge on any atom is 0.118 e. The van der Waals surface area contributed by atoms with E-state index in [4.69, 9.17) is 4.74 Å². The molecule has 20 heavy (non-hydrogen) atoms. The molecule has 0 saturated carbocycles. The highest BCUT2D eigenvalue weighted by atomic mass is 79.9. The van der Waals surface area contributed by atoms with E-state index in [-0.39, 0.29) is 0 Å². The van der Waals surface area contributed by atoms with Crippen molar-refractivity contribution in [3.8, 4) is 5.75 Å². The molecule has 1 N–H and O–H groups in total. The van der Waals surface area contributed by atoms with E-state index in [1.165, 1.54) is 11.1 Å². The normalized spacial score (nSPS) is 12.2. The van der Waals surface area contributed by atoms with E-state index >= 15 is 0 Å². The summed E-state index contributed by atoms with van der Waals surface area (Å²) in [7, 11) is 1.69. The van der Waals surface area contributed by atoms with E-state index in [9.17, 15) is 0 Å². The van der Waals surface area contributed by atoms with Crippen LogP contribution in [0.2, 0.25) is 0 Å². The first-order valence-electron chi connectivity index (χ1n) is 6.81. The predicted molar refractivity (Wildman–Crippen MR) is 87.3 cm³/mol. The number of hydrogen-bond donors (Lipinski definition) is 1. The molecular formula is C17H20BrNO. The zero-order valence-corrected chi connectivity index (χ0v) is 13.5. The highest BCUT2D eigenvalue weighted by molar-refractivity contribution is 9.10. The van der Waals surface area contributed by atoms with Gasteiger partial charge in [0.2, 0.25) is 0 Å². The smallest absolute Gasteiger partial charge is 0.118 e. The van der Waals surface area contributed by atoms with Gasteiger partial charge in [-0.3, -0.25) is 0 Å². The van der Waals surface area contributed by atoms with E-state index in [1.807, 2.05) is 18.2 Å². The maximum atomic E-state index is 5.16. The first kappa shape index (κ1) is 15.1. The molecule has 0 aromatic heterocycles. The van der Waals surface area contributed by atoms with Crippen LogP contribution in [0.4, 0.5) is 0 Å². The summed E-state index contributed by atoms with van der Waals surface area (Å²) >= 11 is 3.51. The summed E-state index contributed by atoms with van der Waals surface area (Å²) in [4.78, 5) is 0. The van der Waals surface area contributed by atoms with E-state index in [1.54, 1.807) is 7.11 Å². The van der Waals surface area contributed by atoms with E-state index < -0.39 is 0 Å². The third kappa shape index (κ3) is 4.36. The van der Waals surface area contributed by atoms with Crippen LogP contribution in [0.25, 0.3) is 0 Å². The van der Waals surface area contributed by atoms with Gasteiger partial charge in [-0.05, 0) is 55.3 Å². The second-order valence-corrected chi connectivity index (χ2v) is 5.74. The summed E-state index contributed by atoms with van der Waals surface area (Å²) in [6.45, 7) is 3.15. The summed E-state index contributed by atoms with van der Waals surface area (Å²) in [6.07, 6.45) is 1.02. The fourth-order valence-electron chi connectivity index (χ4n) is 2.12. The van der Waals surface area contributed by atoms with Gasteiger partial charge in [-0.25, -0.2) is 0 Å². The molecule has 2 nitrogen and oxygen atoms in total. The molecule has 0 aliphatic heterocycles. The molecule has 0 amide bonds. The fraction of sp³-hybridized carbons (Fsp3) is 0.294. The van der Waals surface area contributed by atoms with Crippen molar-refractivity contribution in [2.24, 2.45) is 0 Å². The van der Waals surface area contributed by atoms with Gasteiger partial charge in [0.1, 0.15) is 5.75 Å². The minimum Gasteiger partial charge on any atom is -0.497 e. The van der Waals surface area contributed by atoms with E-state index in [0.29, 0.717) is 6.04 Å². The average molecular weight is 334 g/mol. The molecule has 0 bridgehead atoms. The van der Waals surface area contributed by atoms with Gasteiger partial charge < -0.3 is 10.1 Å². The van der Waals surface area contributed by atoms with Crippen molar-refractivity contribution in [2.45, 2.75) is 19.4 Å². The molecule has 2 aromatic carbocycles. The van der Waals surface area contributed by atoms with Crippen molar-refractivity contribution in [1.29, 1.82) is 0 Å². The van der Waals surface area contributed by atoms with Crippen LogP contribution < -0.4 is 10.1 Å². The van der Waals surface area contributed by atoms with E-state index in [2.05, 4.69) is 58.5 Å². The molecule has 106 valence electrons. The largest absolute Gasteiger partial charge is 0.497 e. The van der Waals surface area contributed by atoms with Gasteiger partial charge in [-0.1, -0.05) is 40.2 Å². The molecular weight excluding hydrogens is 314 g/mol. The van der Waals surface area contributed by atoms with Gasteiger partial charge in [0.15, 0.2) is 0 Å². The lowest BCUT2D eigenvalue weighted by molar-refractivity contribution is 0.414. The molecule has 0 heterocycles. The van der Waals surface area contributed by atoms with Crippen LogP contribution in [-0.2, 0) is 6.42 Å². The monoisotopic (exact) mass is 333 g/mol. The summed E-state index contributed by atoms with van der Waals surface area (Å²) in [5, 5.41) is 3.55. The zero-order valence-electron chi connectivity index (χ0n) is 11.9. The summed E-state index contributed by atoms with van der Waals surface area (Å²) in [5.41, 5.74) is 2.62. The summed E-state index contributed by atoms with van der Waals surface area (Å²) < 4.78 is 6.28. The first-order valence-corrected chi connectivity index (χ1v) is 7.60. The number of methoxy groups -OCH3 is 1. The van der Waals surface area contributed by atoms with Crippen molar-refractivity contribution in [3.05, 3.63) is 64.1 Å². The number of rotatable bonds is 6. The quantitative estimate of drug-likeness (QED) is 0.848. The van der Waals surface area contributed by atoms with Crippen LogP contribution in [0.5, 0.6) is 5.75 Å². The Kier molecular flexibility index (Phi) is 5.62. The van der Waals surface area contributed by atoms with Crippen LogP contribution in [0.15, 0.2) is 53.0 Å². The molecule has 0 aliphatic carbocycles. The van der Waals surface area contributed by atoms with Crippen LogP contribution in [-0.4, -0.2) is 13.7 Å². The van der Waals surface area contributed by atoms with Crippen molar-refractivity contribution in [2.75, 3.05) is 13.7 Å². The van der Waals surface area contributed by atoms with Gasteiger partial charge >= 0.3 is 0 Å². The summed E-state index contributed by atoms with van der Waals surface area (Å²) in [6, 6.07) is 17.0. The van der Waals surface area contributed by atoms with Gasteiger partial charge in [0, 0.05) is 10.5 Å². The molecule has 2 rings (SSSR count). The minimum atomic E-state index is 0.353. The third-order valence-electron chi connectivity index (χ3n) is 3.37. The molecule has 2 aromatic rings. The fourth-order valence-corrected chi connectivity index (χ4v) is 2.54. The minimum absolute atomic E-state index is 0.353. The van der Waals surface area contributed by atoms with Crippen molar-refractivity contribution in [3.63, 3.8) is 0 Å². The van der Waals surface area contributed by atoms with Crippen molar-refractivity contribution in [1.82, 2.24) is 5.32 Å². The Morgan fingerprint density at radius 3 is 2.55 bits per heavy atom. The molecule has 0 radical (unpaired) electrons. The Labute approximate surface area is 129 Å². The van der Waals surface area contributed by atoms with Crippen LogP contribution >= 0.6 is 15.9 Å². The lowest BCUT2D eigenvalue weighted by Crippen LogP contribution is -2.21.